The Balaban J connectivity index is 2.33. The molecule has 0 aliphatic heterocycles. The molecule has 9 heteroatoms. The third-order valence-corrected chi connectivity index (χ3v) is 5.74. The van der Waals surface area contributed by atoms with E-state index in [4.69, 9.17) is 10.9 Å². The predicted molar refractivity (Wildman–Crippen MR) is 86.6 cm³/mol. The lowest BCUT2D eigenvalue weighted by molar-refractivity contribution is 0.103. The molecule has 21 heavy (non-hydrogen) atoms. The lowest BCUT2D eigenvalue weighted by atomic mass is 10.1. The highest BCUT2D eigenvalue weighted by Gasteiger charge is 2.15. The second-order valence-electron chi connectivity index (χ2n) is 3.86. The number of nitrogens with one attached hydrogen (secondary N) is 1. The molecule has 1 amide bonds. The van der Waals surface area contributed by atoms with E-state index in [0.717, 1.165) is 14.3 Å². The molecule has 0 radical (unpaired) electrons. The number of anilines is 1. The number of hydrogen-bond acceptors (Lipinski definition) is 4. The van der Waals surface area contributed by atoms with Crippen molar-refractivity contribution in [1.82, 2.24) is 0 Å². The van der Waals surface area contributed by atoms with Crippen LogP contribution in [0.2, 0.25) is 0 Å². The molecule has 0 saturated heterocycles. The van der Waals surface area contributed by atoms with Crippen molar-refractivity contribution in [1.29, 1.82) is 0 Å². The lowest BCUT2D eigenvalue weighted by Gasteiger charge is -2.09. The summed E-state index contributed by atoms with van der Waals surface area (Å²) >= 11 is 7.83. The minimum absolute atomic E-state index is 0.0977. The van der Waals surface area contributed by atoms with Gasteiger partial charge in [0.15, 0.2) is 5.84 Å². The van der Waals surface area contributed by atoms with Crippen LogP contribution in [0, 0.1) is 5.82 Å². The summed E-state index contributed by atoms with van der Waals surface area (Å²) in [7, 11) is 0. The number of rotatable bonds is 3. The Bertz CT molecular complexity index is 714. The van der Waals surface area contributed by atoms with Crippen molar-refractivity contribution in [2.24, 2.45) is 10.9 Å². The molecule has 2 rings (SSSR count). The molecule has 0 bridgehead atoms. The van der Waals surface area contributed by atoms with E-state index >= 15 is 0 Å². The second kappa shape index (κ2) is 6.54. The maximum atomic E-state index is 13.2. The Kier molecular flexibility index (Phi) is 4.96. The van der Waals surface area contributed by atoms with E-state index in [-0.39, 0.29) is 23.0 Å². The van der Waals surface area contributed by atoms with Crippen LogP contribution in [-0.2, 0) is 0 Å². The molecule has 2 aromatic rings. The van der Waals surface area contributed by atoms with Crippen molar-refractivity contribution in [2.75, 3.05) is 5.32 Å². The number of benzene rings is 1. The summed E-state index contributed by atoms with van der Waals surface area (Å²) in [5.41, 5.74) is 5.82. The van der Waals surface area contributed by atoms with Crippen molar-refractivity contribution in [3.8, 4) is 0 Å². The average Bonchev–Trinajstić information content (AvgIpc) is 2.80. The molecule has 0 aliphatic rings. The van der Waals surface area contributed by atoms with Crippen LogP contribution in [0.3, 0.4) is 0 Å². The second-order valence-corrected chi connectivity index (χ2v) is 7.09. The number of thiophene rings is 1. The van der Waals surface area contributed by atoms with E-state index in [1.54, 1.807) is 6.07 Å². The molecule has 0 spiro atoms. The fourth-order valence-corrected chi connectivity index (χ4v) is 3.46. The van der Waals surface area contributed by atoms with Crippen LogP contribution < -0.4 is 11.1 Å². The zero-order valence-electron chi connectivity index (χ0n) is 10.2. The van der Waals surface area contributed by atoms with Gasteiger partial charge in [-0.25, -0.2) is 4.39 Å². The molecule has 1 heterocycles. The van der Waals surface area contributed by atoms with E-state index in [0.29, 0.717) is 4.88 Å². The number of amidine groups is 1. The smallest absolute Gasteiger partial charge is 0.265 e. The quantitative estimate of drug-likeness (QED) is 0.296. The summed E-state index contributed by atoms with van der Waals surface area (Å²) in [4.78, 5) is 12.6. The fraction of sp³-hybridized carbons (Fsp3) is 0. The number of oxime groups is 1. The van der Waals surface area contributed by atoms with Crippen molar-refractivity contribution in [3.63, 3.8) is 0 Å². The third kappa shape index (κ3) is 3.60. The molecule has 0 fully saturated rings. The summed E-state index contributed by atoms with van der Waals surface area (Å²) in [5.74, 6) is -1.24. The van der Waals surface area contributed by atoms with Crippen LogP contribution in [0.25, 0.3) is 0 Å². The van der Waals surface area contributed by atoms with Crippen LogP contribution in [-0.4, -0.2) is 17.0 Å². The predicted octanol–water partition coefficient (Wildman–Crippen LogP) is 3.76. The van der Waals surface area contributed by atoms with E-state index in [2.05, 4.69) is 42.3 Å². The van der Waals surface area contributed by atoms with Gasteiger partial charge in [-0.2, -0.15) is 0 Å². The molecule has 0 saturated carbocycles. The van der Waals surface area contributed by atoms with Gasteiger partial charge in [0.2, 0.25) is 0 Å². The van der Waals surface area contributed by atoms with Gasteiger partial charge in [-0.05, 0) is 56.1 Å². The summed E-state index contributed by atoms with van der Waals surface area (Å²) in [5, 5.41) is 14.1. The molecule has 5 nitrogen and oxygen atoms in total. The normalized spacial score (nSPS) is 11.5. The molecule has 1 aromatic carbocycles. The Morgan fingerprint density at radius 1 is 1.38 bits per heavy atom. The maximum Gasteiger partial charge on any atom is 0.265 e. The highest BCUT2D eigenvalue weighted by atomic mass is 79.9. The van der Waals surface area contributed by atoms with Gasteiger partial charge in [-0.15, -0.1) is 11.3 Å². The zero-order chi connectivity index (χ0) is 15.6. The molecule has 0 aliphatic carbocycles. The minimum atomic E-state index is -0.559. The van der Waals surface area contributed by atoms with Gasteiger partial charge in [0.1, 0.15) is 5.82 Å². The Hall–Kier alpha value is -1.45. The first-order valence-corrected chi connectivity index (χ1v) is 7.86. The Morgan fingerprint density at radius 3 is 2.67 bits per heavy atom. The molecule has 1 aromatic heterocycles. The molecule has 110 valence electrons. The molecular formula is C12H8Br2FN3O2S. The van der Waals surface area contributed by atoms with Gasteiger partial charge in [-0.1, -0.05) is 5.16 Å². The van der Waals surface area contributed by atoms with Crippen molar-refractivity contribution < 1.29 is 14.4 Å². The van der Waals surface area contributed by atoms with E-state index in [1.165, 1.54) is 23.5 Å². The van der Waals surface area contributed by atoms with Crippen molar-refractivity contribution in [3.05, 3.63) is 48.8 Å². The standard InChI is InChI=1S/C12H8Br2FN3O2S/c13-7-4-9(21-10(7)14)12(19)17-8-2-1-5(15)3-6(8)11(16)18-20/h1-4,20H,(H2,16,18)(H,17,19). The number of amides is 1. The first-order chi connectivity index (χ1) is 9.92. The van der Waals surface area contributed by atoms with Crippen LogP contribution in [0.15, 0.2) is 37.7 Å². The van der Waals surface area contributed by atoms with Crippen LogP contribution >= 0.6 is 43.2 Å². The monoisotopic (exact) mass is 435 g/mol. The highest BCUT2D eigenvalue weighted by molar-refractivity contribution is 9.13. The van der Waals surface area contributed by atoms with E-state index < -0.39 is 5.82 Å². The number of halogens is 3. The molecular weight excluding hydrogens is 429 g/mol. The number of nitrogens with two attached hydrogens (primary N) is 1. The van der Waals surface area contributed by atoms with Gasteiger partial charge >= 0.3 is 0 Å². The maximum absolute atomic E-state index is 13.2. The fourth-order valence-electron chi connectivity index (χ4n) is 1.53. The average molecular weight is 437 g/mol. The Morgan fingerprint density at radius 2 is 2.10 bits per heavy atom. The van der Waals surface area contributed by atoms with Crippen molar-refractivity contribution in [2.45, 2.75) is 0 Å². The topological polar surface area (TPSA) is 87.7 Å². The third-order valence-electron chi connectivity index (χ3n) is 2.48. The SMILES string of the molecule is N/C(=N/O)c1cc(F)ccc1NC(=O)c1cc(Br)c(Br)s1. The van der Waals surface area contributed by atoms with Gasteiger partial charge in [0.25, 0.3) is 5.91 Å². The van der Waals surface area contributed by atoms with E-state index in [1.807, 2.05) is 0 Å². The van der Waals surface area contributed by atoms with Gasteiger partial charge < -0.3 is 16.3 Å². The van der Waals surface area contributed by atoms with Gasteiger partial charge in [0.05, 0.1) is 14.4 Å². The molecule has 4 N–H and O–H groups in total. The first kappa shape index (κ1) is 15.9. The highest BCUT2D eigenvalue weighted by Crippen LogP contribution is 2.32. The summed E-state index contributed by atoms with van der Waals surface area (Å²) < 4.78 is 14.8. The summed E-state index contributed by atoms with van der Waals surface area (Å²) in [6.07, 6.45) is 0. The molecule has 0 unspecified atom stereocenters. The van der Waals surface area contributed by atoms with Crippen molar-refractivity contribution >= 4 is 60.6 Å². The van der Waals surface area contributed by atoms with Gasteiger partial charge in [-0.3, -0.25) is 4.79 Å². The van der Waals surface area contributed by atoms with Crippen LogP contribution in [0.1, 0.15) is 15.2 Å². The van der Waals surface area contributed by atoms with Gasteiger partial charge in [0, 0.05) is 10.0 Å². The number of hydrogen-bond donors (Lipinski definition) is 3. The Labute approximate surface area is 139 Å². The largest absolute Gasteiger partial charge is 0.409 e. The number of carbonyl (C=O) groups excluding carboxylic acids is 1. The first-order valence-electron chi connectivity index (χ1n) is 5.46. The van der Waals surface area contributed by atoms with Crippen LogP contribution in [0.5, 0.6) is 0 Å². The number of nitrogens with zero attached hydrogens (tertiary/aromatic N) is 1. The lowest BCUT2D eigenvalue weighted by Crippen LogP contribution is -2.19. The van der Waals surface area contributed by atoms with E-state index in [9.17, 15) is 9.18 Å². The number of carbonyl (C=O) groups is 1. The summed E-state index contributed by atoms with van der Waals surface area (Å²) in [6, 6.07) is 5.24. The zero-order valence-corrected chi connectivity index (χ0v) is 14.2. The molecule has 0 atom stereocenters. The van der Waals surface area contributed by atoms with Crippen LogP contribution in [0.4, 0.5) is 10.1 Å². The minimum Gasteiger partial charge on any atom is -0.409 e. The summed E-state index contributed by atoms with van der Waals surface area (Å²) in [6.45, 7) is 0.